The highest BCUT2D eigenvalue weighted by Gasteiger charge is 2.34. The number of nitrogens with zero attached hydrogens (tertiary/aromatic N) is 2. The molecule has 21 heavy (non-hydrogen) atoms. The van der Waals surface area contributed by atoms with Gasteiger partial charge in [-0.3, -0.25) is 9.97 Å². The van der Waals surface area contributed by atoms with Crippen LogP contribution in [-0.4, -0.2) is 14.5 Å². The van der Waals surface area contributed by atoms with E-state index in [1.807, 2.05) is 0 Å². The number of nitrogens with one attached hydrogen (secondary N) is 2. The van der Waals surface area contributed by atoms with E-state index in [2.05, 4.69) is 0 Å². The van der Waals surface area contributed by atoms with E-state index in [9.17, 15) is 27.6 Å². The van der Waals surface area contributed by atoms with Crippen LogP contribution in [0.1, 0.15) is 11.1 Å². The molecule has 0 aliphatic rings. The van der Waals surface area contributed by atoms with Crippen LogP contribution >= 0.6 is 0 Å². The number of H-pyrrole nitrogens is 2. The zero-order valence-corrected chi connectivity index (χ0v) is 9.99. The number of aromatic amines is 2. The van der Waals surface area contributed by atoms with Crippen molar-refractivity contribution in [2.24, 2.45) is 0 Å². The molecule has 0 amide bonds. The quantitative estimate of drug-likeness (QED) is 0.777. The monoisotopic (exact) mass is 298 g/mol. The number of halogens is 3. The van der Waals surface area contributed by atoms with E-state index in [1.165, 1.54) is 6.07 Å². The summed E-state index contributed by atoms with van der Waals surface area (Å²) in [6.07, 6.45) is -4.83. The van der Waals surface area contributed by atoms with Crippen molar-refractivity contribution in [1.29, 1.82) is 5.26 Å². The van der Waals surface area contributed by atoms with Gasteiger partial charge in [0.1, 0.15) is 0 Å². The van der Waals surface area contributed by atoms with Gasteiger partial charge >= 0.3 is 23.2 Å². The Morgan fingerprint density at radius 1 is 1.10 bits per heavy atom. The van der Waals surface area contributed by atoms with Gasteiger partial charge in [0.25, 0.3) is 0 Å². The first-order chi connectivity index (χ1) is 9.74. The molecule has 0 spiro atoms. The normalized spacial score (nSPS) is 11.1. The first-order valence-electron chi connectivity index (χ1n) is 5.31. The van der Waals surface area contributed by atoms with Crippen LogP contribution < -0.4 is 17.1 Å². The molecule has 1 heterocycles. The van der Waals surface area contributed by atoms with Crippen molar-refractivity contribution < 1.29 is 13.2 Å². The maximum Gasteiger partial charge on any atom is 0.417 e. The zero-order chi connectivity index (χ0) is 15.8. The van der Waals surface area contributed by atoms with Crippen LogP contribution in [0.5, 0.6) is 0 Å². The second-order valence-electron chi connectivity index (χ2n) is 3.86. The van der Waals surface area contributed by atoms with E-state index < -0.39 is 40.1 Å². The minimum absolute atomic E-state index is 0.317. The molecule has 0 radical (unpaired) electrons. The summed E-state index contributed by atoms with van der Waals surface area (Å²) in [5.41, 5.74) is -5.84. The van der Waals surface area contributed by atoms with Crippen molar-refractivity contribution in [3.8, 4) is 11.8 Å². The number of hydrogen-bond acceptors (Lipinski definition) is 4. The van der Waals surface area contributed by atoms with E-state index in [0.717, 1.165) is 12.1 Å². The van der Waals surface area contributed by atoms with E-state index >= 15 is 0 Å². The summed E-state index contributed by atoms with van der Waals surface area (Å²) in [5, 5.41) is 8.65. The molecule has 0 aliphatic heterocycles. The molecule has 0 atom stereocenters. The summed E-state index contributed by atoms with van der Waals surface area (Å²) >= 11 is 0. The average Bonchev–Trinajstić information content (AvgIpc) is 2.36. The van der Waals surface area contributed by atoms with Crippen LogP contribution in [-0.2, 0) is 6.18 Å². The molecular weight excluding hydrogens is 293 g/mol. The molecule has 10 heteroatoms. The van der Waals surface area contributed by atoms with Gasteiger partial charge in [-0.2, -0.15) is 18.4 Å². The number of nitriles is 1. The maximum absolute atomic E-state index is 12.8. The van der Waals surface area contributed by atoms with Crippen LogP contribution in [0, 0.1) is 11.3 Å². The molecule has 0 fully saturated rings. The Balaban J connectivity index is 2.80. The van der Waals surface area contributed by atoms with E-state index in [0.29, 0.717) is 10.6 Å². The SMILES string of the molecule is N#Cc1ccc(-n2c(=O)[nH]c(=O)[nH]c2=O)cc1C(F)(F)F. The Morgan fingerprint density at radius 3 is 2.14 bits per heavy atom. The van der Waals surface area contributed by atoms with Gasteiger partial charge in [0.05, 0.1) is 22.9 Å². The largest absolute Gasteiger partial charge is 0.417 e. The van der Waals surface area contributed by atoms with E-state index in [-0.39, 0.29) is 0 Å². The van der Waals surface area contributed by atoms with Crippen molar-refractivity contribution in [3.05, 3.63) is 60.8 Å². The Kier molecular flexibility index (Phi) is 3.26. The topological polar surface area (TPSA) is 112 Å². The Bertz CT molecular complexity index is 880. The van der Waals surface area contributed by atoms with Crippen LogP contribution in [0.4, 0.5) is 13.2 Å². The molecule has 0 aliphatic carbocycles. The molecule has 2 rings (SSSR count). The highest BCUT2D eigenvalue weighted by atomic mass is 19.4. The maximum atomic E-state index is 12.8. The van der Waals surface area contributed by atoms with Crippen LogP contribution in [0.15, 0.2) is 32.6 Å². The summed E-state index contributed by atoms with van der Waals surface area (Å²) in [4.78, 5) is 37.3. The predicted molar refractivity (Wildman–Crippen MR) is 63.0 cm³/mol. The van der Waals surface area contributed by atoms with Crippen molar-refractivity contribution in [1.82, 2.24) is 14.5 Å². The highest BCUT2D eigenvalue weighted by molar-refractivity contribution is 5.47. The third-order valence-corrected chi connectivity index (χ3v) is 2.53. The first-order valence-corrected chi connectivity index (χ1v) is 5.31. The lowest BCUT2D eigenvalue weighted by Gasteiger charge is -2.11. The van der Waals surface area contributed by atoms with Gasteiger partial charge in [0.2, 0.25) is 0 Å². The summed E-state index contributed by atoms with van der Waals surface area (Å²) in [6.45, 7) is 0. The molecule has 7 nitrogen and oxygen atoms in total. The smallest absolute Gasteiger partial charge is 0.258 e. The molecule has 0 saturated carbocycles. The second kappa shape index (κ2) is 4.78. The third kappa shape index (κ3) is 2.62. The molecule has 0 unspecified atom stereocenters. The molecular formula is C11H5F3N4O3. The Hall–Kier alpha value is -3.09. The van der Waals surface area contributed by atoms with Crippen molar-refractivity contribution in [2.75, 3.05) is 0 Å². The predicted octanol–water partition coefficient (Wildman–Crippen LogP) is 0.105. The lowest BCUT2D eigenvalue weighted by atomic mass is 10.1. The van der Waals surface area contributed by atoms with Crippen LogP contribution in [0.3, 0.4) is 0 Å². The average molecular weight is 298 g/mol. The third-order valence-electron chi connectivity index (χ3n) is 2.53. The number of hydrogen-bond donors (Lipinski definition) is 2. The summed E-state index contributed by atoms with van der Waals surface area (Å²) < 4.78 is 38.8. The minimum atomic E-state index is -4.83. The number of rotatable bonds is 1. The summed E-state index contributed by atoms with van der Waals surface area (Å²) in [7, 11) is 0. The summed E-state index contributed by atoms with van der Waals surface area (Å²) in [5.74, 6) is 0. The second-order valence-corrected chi connectivity index (χ2v) is 3.86. The van der Waals surface area contributed by atoms with Gasteiger partial charge in [-0.1, -0.05) is 0 Å². The Morgan fingerprint density at radius 2 is 1.67 bits per heavy atom. The first kappa shape index (κ1) is 14.3. The van der Waals surface area contributed by atoms with Crippen molar-refractivity contribution in [2.45, 2.75) is 6.18 Å². The number of alkyl halides is 3. The molecule has 1 aromatic heterocycles. The zero-order valence-electron chi connectivity index (χ0n) is 9.99. The van der Waals surface area contributed by atoms with E-state index in [1.54, 1.807) is 9.97 Å². The highest BCUT2D eigenvalue weighted by Crippen LogP contribution is 2.32. The van der Waals surface area contributed by atoms with Crippen LogP contribution in [0.25, 0.3) is 5.69 Å². The lowest BCUT2D eigenvalue weighted by Crippen LogP contribution is -2.42. The lowest BCUT2D eigenvalue weighted by molar-refractivity contribution is -0.137. The Labute approximate surface area is 112 Å². The number of benzene rings is 1. The fraction of sp³-hybridized carbons (Fsp3) is 0.0909. The fourth-order valence-corrected chi connectivity index (χ4v) is 1.67. The molecule has 0 saturated heterocycles. The number of aromatic nitrogens is 3. The van der Waals surface area contributed by atoms with Gasteiger partial charge in [-0.25, -0.2) is 19.0 Å². The van der Waals surface area contributed by atoms with Crippen LogP contribution in [0.2, 0.25) is 0 Å². The molecule has 1 aromatic carbocycles. The van der Waals surface area contributed by atoms with E-state index in [4.69, 9.17) is 5.26 Å². The molecule has 2 N–H and O–H groups in total. The van der Waals surface area contributed by atoms with Gasteiger partial charge in [0, 0.05) is 0 Å². The van der Waals surface area contributed by atoms with Gasteiger partial charge in [0.15, 0.2) is 0 Å². The molecule has 2 aromatic rings. The van der Waals surface area contributed by atoms with Crippen molar-refractivity contribution >= 4 is 0 Å². The van der Waals surface area contributed by atoms with Gasteiger partial charge < -0.3 is 0 Å². The fourth-order valence-electron chi connectivity index (χ4n) is 1.67. The molecule has 108 valence electrons. The minimum Gasteiger partial charge on any atom is -0.258 e. The van der Waals surface area contributed by atoms with Gasteiger partial charge in [-0.15, -0.1) is 0 Å². The van der Waals surface area contributed by atoms with Gasteiger partial charge in [-0.05, 0) is 18.2 Å². The summed E-state index contributed by atoms with van der Waals surface area (Å²) in [6, 6.07) is 3.67. The molecule has 0 bridgehead atoms. The van der Waals surface area contributed by atoms with Crippen molar-refractivity contribution in [3.63, 3.8) is 0 Å². The standard InChI is InChI=1S/C11H5F3N4O3/c12-11(13,14)7-3-6(2-1-5(7)4-15)18-9(20)16-8(19)17-10(18)21/h1-3H,(H2,16,17,19,20,21).